The highest BCUT2D eigenvalue weighted by molar-refractivity contribution is 7.98. The van der Waals surface area contributed by atoms with E-state index in [9.17, 15) is 9.59 Å². The average molecular weight is 333 g/mol. The summed E-state index contributed by atoms with van der Waals surface area (Å²) in [6.45, 7) is 0.368. The Balaban J connectivity index is 1.66. The standard InChI is InChI=1S/C18H23NO3S/c1-23-16-9-7-15(8-10-16)18(21)22-13-17(20)19-12-11-14-5-3-2-4-6-14/h5,7-10H,2-4,6,11-13H2,1H3,(H,19,20). The van der Waals surface area contributed by atoms with E-state index < -0.39 is 5.97 Å². The summed E-state index contributed by atoms with van der Waals surface area (Å²) >= 11 is 1.61. The van der Waals surface area contributed by atoms with Crippen LogP contribution in [-0.2, 0) is 9.53 Å². The second-order valence-electron chi connectivity index (χ2n) is 5.51. The van der Waals surface area contributed by atoms with Gasteiger partial charge in [0.15, 0.2) is 6.61 Å². The zero-order valence-electron chi connectivity index (χ0n) is 13.5. The summed E-state index contributed by atoms with van der Waals surface area (Å²) in [4.78, 5) is 24.6. The lowest BCUT2D eigenvalue weighted by Gasteiger charge is -2.13. The number of hydrogen-bond acceptors (Lipinski definition) is 4. The van der Waals surface area contributed by atoms with Crippen LogP contribution in [0.5, 0.6) is 0 Å². The van der Waals surface area contributed by atoms with Gasteiger partial charge in [-0.3, -0.25) is 4.79 Å². The predicted molar refractivity (Wildman–Crippen MR) is 92.7 cm³/mol. The fraction of sp³-hybridized carbons (Fsp3) is 0.444. The SMILES string of the molecule is CSc1ccc(C(=O)OCC(=O)NCCC2=CCCCC2)cc1. The molecule has 0 spiro atoms. The number of thioether (sulfide) groups is 1. The third-order valence-corrected chi connectivity index (χ3v) is 4.56. The number of rotatable bonds is 7. The molecule has 1 aromatic carbocycles. The first kappa shape index (κ1) is 17.6. The first-order chi connectivity index (χ1) is 11.2. The minimum Gasteiger partial charge on any atom is -0.452 e. The van der Waals surface area contributed by atoms with Gasteiger partial charge in [-0.2, -0.15) is 0 Å². The smallest absolute Gasteiger partial charge is 0.338 e. The highest BCUT2D eigenvalue weighted by Gasteiger charge is 2.10. The van der Waals surface area contributed by atoms with E-state index in [-0.39, 0.29) is 12.5 Å². The Morgan fingerprint density at radius 3 is 2.65 bits per heavy atom. The van der Waals surface area contributed by atoms with E-state index in [1.54, 1.807) is 23.9 Å². The Morgan fingerprint density at radius 1 is 1.22 bits per heavy atom. The number of hydrogen-bond donors (Lipinski definition) is 1. The van der Waals surface area contributed by atoms with E-state index in [0.717, 1.165) is 24.2 Å². The largest absolute Gasteiger partial charge is 0.452 e. The van der Waals surface area contributed by atoms with E-state index in [2.05, 4.69) is 11.4 Å². The number of benzene rings is 1. The molecule has 0 saturated heterocycles. The van der Waals surface area contributed by atoms with Crippen LogP contribution in [0.15, 0.2) is 40.8 Å². The normalized spacial score (nSPS) is 14.0. The molecule has 0 unspecified atom stereocenters. The fourth-order valence-electron chi connectivity index (χ4n) is 2.49. The summed E-state index contributed by atoms with van der Waals surface area (Å²) in [5.41, 5.74) is 1.88. The van der Waals surface area contributed by atoms with E-state index >= 15 is 0 Å². The molecule has 0 atom stereocenters. The Kier molecular flexibility index (Phi) is 7.20. The van der Waals surface area contributed by atoms with Gasteiger partial charge in [-0.1, -0.05) is 11.6 Å². The second-order valence-corrected chi connectivity index (χ2v) is 6.39. The molecule has 5 heteroatoms. The molecule has 124 valence electrons. The van der Waals surface area contributed by atoms with Crippen molar-refractivity contribution in [3.63, 3.8) is 0 Å². The lowest BCUT2D eigenvalue weighted by Crippen LogP contribution is -2.29. The van der Waals surface area contributed by atoms with Crippen molar-refractivity contribution >= 4 is 23.6 Å². The molecule has 1 N–H and O–H groups in total. The lowest BCUT2D eigenvalue weighted by molar-refractivity contribution is -0.124. The minimum atomic E-state index is -0.470. The van der Waals surface area contributed by atoms with Crippen molar-refractivity contribution in [2.45, 2.75) is 37.0 Å². The molecule has 0 radical (unpaired) electrons. The highest BCUT2D eigenvalue weighted by atomic mass is 32.2. The first-order valence-corrected chi connectivity index (χ1v) is 9.17. The number of amides is 1. The molecule has 23 heavy (non-hydrogen) atoms. The van der Waals surface area contributed by atoms with Crippen molar-refractivity contribution in [3.8, 4) is 0 Å². The predicted octanol–water partition coefficient (Wildman–Crippen LogP) is 3.57. The zero-order valence-corrected chi connectivity index (χ0v) is 14.3. The Hall–Kier alpha value is -1.75. The third-order valence-electron chi connectivity index (χ3n) is 3.81. The topological polar surface area (TPSA) is 55.4 Å². The Labute approximate surface area is 141 Å². The molecular formula is C18H23NO3S. The molecule has 2 rings (SSSR count). The molecule has 0 saturated carbocycles. The number of ether oxygens (including phenoxy) is 1. The Bertz CT molecular complexity index is 566. The van der Waals surface area contributed by atoms with Crippen LogP contribution in [0.2, 0.25) is 0 Å². The van der Waals surface area contributed by atoms with Crippen LogP contribution in [-0.4, -0.2) is 31.3 Å². The number of carbonyl (C=O) groups excluding carboxylic acids is 2. The molecule has 0 heterocycles. The van der Waals surface area contributed by atoms with Crippen LogP contribution in [0.1, 0.15) is 42.5 Å². The first-order valence-electron chi connectivity index (χ1n) is 7.95. The summed E-state index contributed by atoms with van der Waals surface area (Å²) < 4.78 is 5.03. The maximum absolute atomic E-state index is 11.9. The van der Waals surface area contributed by atoms with Gasteiger partial charge in [0, 0.05) is 11.4 Å². The van der Waals surface area contributed by atoms with E-state index in [1.807, 2.05) is 18.4 Å². The monoisotopic (exact) mass is 333 g/mol. The van der Waals surface area contributed by atoms with Crippen LogP contribution >= 0.6 is 11.8 Å². The van der Waals surface area contributed by atoms with Gasteiger partial charge >= 0.3 is 5.97 Å². The third kappa shape index (κ3) is 6.10. The van der Waals surface area contributed by atoms with Crippen molar-refractivity contribution in [1.29, 1.82) is 0 Å². The zero-order chi connectivity index (χ0) is 16.5. The van der Waals surface area contributed by atoms with Crippen LogP contribution in [0, 0.1) is 0 Å². The van der Waals surface area contributed by atoms with Crippen molar-refractivity contribution in [1.82, 2.24) is 5.32 Å². The van der Waals surface area contributed by atoms with E-state index in [0.29, 0.717) is 12.1 Å². The highest BCUT2D eigenvalue weighted by Crippen LogP contribution is 2.19. The lowest BCUT2D eigenvalue weighted by atomic mass is 9.97. The summed E-state index contributed by atoms with van der Waals surface area (Å²) in [6, 6.07) is 7.14. The van der Waals surface area contributed by atoms with E-state index in [4.69, 9.17) is 4.74 Å². The summed E-state index contributed by atoms with van der Waals surface area (Å²) in [5.74, 6) is -0.724. The van der Waals surface area contributed by atoms with E-state index in [1.165, 1.54) is 18.4 Å². The van der Waals surface area contributed by atoms with Crippen LogP contribution < -0.4 is 5.32 Å². The molecule has 1 aromatic rings. The number of nitrogens with one attached hydrogen (secondary N) is 1. The van der Waals surface area contributed by atoms with Crippen molar-refractivity contribution in [2.24, 2.45) is 0 Å². The maximum atomic E-state index is 11.9. The van der Waals surface area contributed by atoms with Crippen molar-refractivity contribution in [3.05, 3.63) is 41.5 Å². The maximum Gasteiger partial charge on any atom is 0.338 e. The number of carbonyl (C=O) groups is 2. The molecule has 1 amide bonds. The van der Waals surface area contributed by atoms with Crippen LogP contribution in [0.3, 0.4) is 0 Å². The van der Waals surface area contributed by atoms with Gasteiger partial charge in [-0.15, -0.1) is 11.8 Å². The number of esters is 1. The molecule has 1 aliphatic rings. The van der Waals surface area contributed by atoms with Gasteiger partial charge in [0.2, 0.25) is 0 Å². The van der Waals surface area contributed by atoms with Gasteiger partial charge in [-0.05, 0) is 62.6 Å². The van der Waals surface area contributed by atoms with Gasteiger partial charge < -0.3 is 10.1 Å². The summed E-state index contributed by atoms with van der Waals surface area (Å²) in [6.07, 6.45) is 9.92. The van der Waals surface area contributed by atoms with Crippen LogP contribution in [0.4, 0.5) is 0 Å². The summed E-state index contributed by atoms with van der Waals surface area (Å²) in [5, 5.41) is 2.79. The number of allylic oxidation sites excluding steroid dienone is 1. The van der Waals surface area contributed by atoms with Gasteiger partial charge in [0.05, 0.1) is 5.56 Å². The quantitative estimate of drug-likeness (QED) is 0.471. The molecular weight excluding hydrogens is 310 g/mol. The second kappa shape index (κ2) is 9.40. The molecule has 1 aliphatic carbocycles. The van der Waals surface area contributed by atoms with Crippen LogP contribution in [0.25, 0.3) is 0 Å². The van der Waals surface area contributed by atoms with Gasteiger partial charge in [-0.25, -0.2) is 4.79 Å². The minimum absolute atomic E-state index is 0.234. The Morgan fingerprint density at radius 2 is 2.00 bits per heavy atom. The molecule has 0 aliphatic heterocycles. The average Bonchev–Trinajstić information content (AvgIpc) is 2.60. The molecule has 4 nitrogen and oxygen atoms in total. The summed E-state index contributed by atoms with van der Waals surface area (Å²) in [7, 11) is 0. The van der Waals surface area contributed by atoms with Gasteiger partial charge in [0.1, 0.15) is 0 Å². The molecule has 0 bridgehead atoms. The van der Waals surface area contributed by atoms with Crippen molar-refractivity contribution in [2.75, 3.05) is 19.4 Å². The molecule has 0 fully saturated rings. The molecule has 0 aromatic heterocycles. The fourth-order valence-corrected chi connectivity index (χ4v) is 2.89. The van der Waals surface area contributed by atoms with Gasteiger partial charge in [0.25, 0.3) is 5.91 Å². The van der Waals surface area contributed by atoms with Crippen molar-refractivity contribution < 1.29 is 14.3 Å².